The topological polar surface area (TPSA) is 66.5 Å². The number of benzene rings is 1. The largest absolute Gasteiger partial charge is 0.354 e. The first-order valence-electron chi connectivity index (χ1n) is 6.22. The molecule has 0 aromatic heterocycles. The van der Waals surface area contributed by atoms with Crippen molar-refractivity contribution in [3.8, 4) is 0 Å². The standard InChI is InChI=1S/C14H16N2O3/c1-9(2)7-15-12(17)8-16-13(18)10-5-3-4-6-11(10)14(16)19/h3-6,9H,7-8H2,1-2H3,(H,15,17). The SMILES string of the molecule is CC(C)CNC(=O)CN1C(=O)c2ccccc2C1=O. The van der Waals surface area contributed by atoms with Gasteiger partial charge in [-0.2, -0.15) is 0 Å². The Labute approximate surface area is 111 Å². The van der Waals surface area contributed by atoms with Crippen LogP contribution in [0.5, 0.6) is 0 Å². The minimum atomic E-state index is -0.403. The van der Waals surface area contributed by atoms with E-state index < -0.39 is 11.8 Å². The van der Waals surface area contributed by atoms with Crippen molar-refractivity contribution in [1.82, 2.24) is 10.2 Å². The second-order valence-corrected chi connectivity index (χ2v) is 4.94. The molecule has 0 radical (unpaired) electrons. The Morgan fingerprint density at radius 3 is 2.16 bits per heavy atom. The average molecular weight is 260 g/mol. The van der Waals surface area contributed by atoms with Crippen LogP contribution < -0.4 is 5.32 Å². The van der Waals surface area contributed by atoms with Crippen molar-refractivity contribution in [3.05, 3.63) is 35.4 Å². The number of nitrogens with zero attached hydrogens (tertiary/aromatic N) is 1. The van der Waals surface area contributed by atoms with E-state index in [1.807, 2.05) is 13.8 Å². The highest BCUT2D eigenvalue weighted by atomic mass is 16.2. The van der Waals surface area contributed by atoms with Gasteiger partial charge in [-0.05, 0) is 18.1 Å². The molecule has 19 heavy (non-hydrogen) atoms. The third-order valence-corrected chi connectivity index (χ3v) is 2.89. The zero-order chi connectivity index (χ0) is 14.0. The number of fused-ring (bicyclic) bond motifs is 1. The predicted octanol–water partition coefficient (Wildman–Crippen LogP) is 1.05. The van der Waals surface area contributed by atoms with E-state index in [4.69, 9.17) is 0 Å². The fourth-order valence-electron chi connectivity index (χ4n) is 1.90. The molecule has 1 heterocycles. The number of imide groups is 1. The highest BCUT2D eigenvalue weighted by Gasteiger charge is 2.36. The van der Waals surface area contributed by atoms with E-state index in [2.05, 4.69) is 5.32 Å². The second kappa shape index (κ2) is 5.22. The van der Waals surface area contributed by atoms with Crippen LogP contribution in [0.3, 0.4) is 0 Å². The highest BCUT2D eigenvalue weighted by Crippen LogP contribution is 2.21. The lowest BCUT2D eigenvalue weighted by atomic mass is 10.1. The summed E-state index contributed by atoms with van der Waals surface area (Å²) in [5.41, 5.74) is 0.730. The fraction of sp³-hybridized carbons (Fsp3) is 0.357. The second-order valence-electron chi connectivity index (χ2n) is 4.94. The van der Waals surface area contributed by atoms with Crippen LogP contribution in [0.1, 0.15) is 34.6 Å². The number of rotatable bonds is 4. The van der Waals surface area contributed by atoms with E-state index in [0.717, 1.165) is 4.90 Å². The van der Waals surface area contributed by atoms with Gasteiger partial charge in [0.2, 0.25) is 5.91 Å². The molecule has 0 fully saturated rings. The van der Waals surface area contributed by atoms with E-state index in [-0.39, 0.29) is 12.5 Å². The van der Waals surface area contributed by atoms with E-state index >= 15 is 0 Å². The van der Waals surface area contributed by atoms with E-state index in [1.165, 1.54) is 0 Å². The lowest BCUT2D eigenvalue weighted by molar-refractivity contribution is -0.121. The molecule has 5 heteroatoms. The van der Waals surface area contributed by atoms with Gasteiger partial charge in [-0.15, -0.1) is 0 Å². The summed E-state index contributed by atoms with van der Waals surface area (Å²) >= 11 is 0. The van der Waals surface area contributed by atoms with Gasteiger partial charge < -0.3 is 5.32 Å². The number of carbonyl (C=O) groups is 3. The average Bonchev–Trinajstić information content (AvgIpc) is 2.62. The molecule has 0 aliphatic carbocycles. The molecule has 0 spiro atoms. The number of hydrogen-bond donors (Lipinski definition) is 1. The molecule has 1 N–H and O–H groups in total. The molecular formula is C14H16N2O3. The van der Waals surface area contributed by atoms with Gasteiger partial charge in [0.1, 0.15) is 6.54 Å². The number of amides is 3. The number of carbonyl (C=O) groups excluding carboxylic acids is 3. The van der Waals surface area contributed by atoms with Crippen LogP contribution in [0.2, 0.25) is 0 Å². The predicted molar refractivity (Wildman–Crippen MR) is 69.7 cm³/mol. The minimum absolute atomic E-state index is 0.223. The molecule has 0 unspecified atom stereocenters. The van der Waals surface area contributed by atoms with Crippen LogP contribution in [-0.4, -0.2) is 35.7 Å². The van der Waals surface area contributed by atoms with Gasteiger partial charge >= 0.3 is 0 Å². The third kappa shape index (κ3) is 2.65. The molecule has 1 aromatic rings. The zero-order valence-corrected chi connectivity index (χ0v) is 11.0. The van der Waals surface area contributed by atoms with Crippen molar-refractivity contribution in [2.45, 2.75) is 13.8 Å². The molecule has 1 aliphatic heterocycles. The Balaban J connectivity index is 2.06. The Hall–Kier alpha value is -2.17. The first-order valence-corrected chi connectivity index (χ1v) is 6.22. The summed E-state index contributed by atoms with van der Waals surface area (Å²) in [6.07, 6.45) is 0. The smallest absolute Gasteiger partial charge is 0.262 e. The van der Waals surface area contributed by atoms with Crippen LogP contribution in [0, 0.1) is 5.92 Å². The van der Waals surface area contributed by atoms with Crippen LogP contribution in [-0.2, 0) is 4.79 Å². The number of nitrogens with one attached hydrogen (secondary N) is 1. The molecule has 1 aliphatic rings. The van der Waals surface area contributed by atoms with Gasteiger partial charge in [0.05, 0.1) is 11.1 Å². The first kappa shape index (κ1) is 13.3. The monoisotopic (exact) mass is 260 g/mol. The van der Waals surface area contributed by atoms with Crippen molar-refractivity contribution >= 4 is 17.7 Å². The van der Waals surface area contributed by atoms with Crippen molar-refractivity contribution < 1.29 is 14.4 Å². The maximum atomic E-state index is 12.0. The zero-order valence-electron chi connectivity index (χ0n) is 11.0. The van der Waals surface area contributed by atoms with Gasteiger partial charge in [-0.1, -0.05) is 26.0 Å². The summed E-state index contributed by atoms with van der Waals surface area (Å²) in [7, 11) is 0. The van der Waals surface area contributed by atoms with Crippen LogP contribution in [0.4, 0.5) is 0 Å². The Morgan fingerprint density at radius 2 is 1.68 bits per heavy atom. The summed E-state index contributed by atoms with van der Waals surface area (Å²) < 4.78 is 0. The van der Waals surface area contributed by atoms with Crippen molar-refractivity contribution in [2.75, 3.05) is 13.1 Å². The van der Waals surface area contributed by atoms with Crippen LogP contribution in [0.25, 0.3) is 0 Å². The molecule has 3 amide bonds. The highest BCUT2D eigenvalue weighted by molar-refractivity contribution is 6.22. The molecule has 0 saturated carbocycles. The van der Waals surface area contributed by atoms with E-state index in [1.54, 1.807) is 24.3 Å². The maximum Gasteiger partial charge on any atom is 0.262 e. The summed E-state index contributed by atoms with van der Waals surface area (Å²) in [5.74, 6) is -0.796. The lowest BCUT2D eigenvalue weighted by Gasteiger charge is -2.14. The normalized spacial score (nSPS) is 13.9. The quantitative estimate of drug-likeness (QED) is 0.823. The first-order chi connectivity index (χ1) is 9.00. The third-order valence-electron chi connectivity index (χ3n) is 2.89. The molecule has 0 saturated heterocycles. The van der Waals surface area contributed by atoms with Crippen molar-refractivity contribution in [3.63, 3.8) is 0 Å². The fourth-order valence-corrected chi connectivity index (χ4v) is 1.90. The van der Waals surface area contributed by atoms with Crippen molar-refractivity contribution in [1.29, 1.82) is 0 Å². The summed E-state index contributed by atoms with van der Waals surface area (Å²) in [5, 5.41) is 2.69. The molecule has 0 atom stereocenters. The maximum absolute atomic E-state index is 12.0. The van der Waals surface area contributed by atoms with E-state index in [0.29, 0.717) is 23.6 Å². The number of hydrogen-bond acceptors (Lipinski definition) is 3. The summed E-state index contributed by atoms with van der Waals surface area (Å²) in [6.45, 7) is 4.26. The summed E-state index contributed by atoms with van der Waals surface area (Å²) in [6, 6.07) is 6.60. The molecule has 1 aromatic carbocycles. The molecular weight excluding hydrogens is 244 g/mol. The molecule has 100 valence electrons. The minimum Gasteiger partial charge on any atom is -0.354 e. The van der Waals surface area contributed by atoms with E-state index in [9.17, 15) is 14.4 Å². The van der Waals surface area contributed by atoms with Gasteiger partial charge in [0.25, 0.3) is 11.8 Å². The Bertz CT molecular complexity index is 502. The lowest BCUT2D eigenvalue weighted by Crippen LogP contribution is -2.41. The molecule has 5 nitrogen and oxygen atoms in total. The Kier molecular flexibility index (Phi) is 3.64. The van der Waals surface area contributed by atoms with Crippen molar-refractivity contribution in [2.24, 2.45) is 5.92 Å². The molecule has 2 rings (SSSR count). The molecule has 0 bridgehead atoms. The van der Waals surface area contributed by atoms with Gasteiger partial charge in [-0.3, -0.25) is 19.3 Å². The van der Waals surface area contributed by atoms with Gasteiger partial charge in [0.15, 0.2) is 0 Å². The Morgan fingerprint density at radius 1 is 1.16 bits per heavy atom. The van der Waals surface area contributed by atoms with Crippen LogP contribution in [0.15, 0.2) is 24.3 Å². The van der Waals surface area contributed by atoms with Gasteiger partial charge in [-0.25, -0.2) is 0 Å². The summed E-state index contributed by atoms with van der Waals surface area (Å²) in [4.78, 5) is 36.7. The van der Waals surface area contributed by atoms with Gasteiger partial charge in [0, 0.05) is 6.54 Å². The van der Waals surface area contributed by atoms with Crippen LogP contribution >= 0.6 is 0 Å².